The Balaban J connectivity index is 1.84. The summed E-state index contributed by atoms with van der Waals surface area (Å²) in [6.07, 6.45) is 0. The van der Waals surface area contributed by atoms with Crippen molar-refractivity contribution in [2.24, 2.45) is 0 Å². The van der Waals surface area contributed by atoms with Crippen molar-refractivity contribution in [2.75, 3.05) is 5.32 Å². The van der Waals surface area contributed by atoms with E-state index in [0.29, 0.717) is 38.4 Å². The second-order valence-corrected chi connectivity index (χ2v) is 9.12. The molecule has 7 nitrogen and oxygen atoms in total. The molecule has 1 atom stereocenters. The van der Waals surface area contributed by atoms with Gasteiger partial charge in [-0.1, -0.05) is 11.6 Å². The monoisotopic (exact) mass is 479 g/mol. The van der Waals surface area contributed by atoms with Crippen LogP contribution in [0.1, 0.15) is 45.0 Å². The number of benzene rings is 1. The van der Waals surface area contributed by atoms with E-state index in [1.165, 1.54) is 17.4 Å². The zero-order valence-corrected chi connectivity index (χ0v) is 19.5. The molecule has 0 bridgehead atoms. The summed E-state index contributed by atoms with van der Waals surface area (Å²) in [5.41, 5.74) is 2.88. The van der Waals surface area contributed by atoms with Gasteiger partial charge in [0.15, 0.2) is 11.3 Å². The van der Waals surface area contributed by atoms with Gasteiger partial charge in [-0.15, -0.1) is 11.3 Å². The van der Waals surface area contributed by atoms with Gasteiger partial charge >= 0.3 is 5.97 Å². The van der Waals surface area contributed by atoms with E-state index in [4.69, 9.17) is 21.3 Å². The maximum absolute atomic E-state index is 13.1. The quantitative estimate of drug-likeness (QED) is 0.341. The molecule has 166 valence electrons. The third-order valence-corrected chi connectivity index (χ3v) is 6.63. The maximum atomic E-state index is 13.1. The van der Waals surface area contributed by atoms with Crippen molar-refractivity contribution in [1.29, 1.82) is 5.26 Å². The molecule has 2 N–H and O–H groups in total. The molecule has 4 rings (SSSR count). The summed E-state index contributed by atoms with van der Waals surface area (Å²) < 4.78 is 6.77. The Kier molecular flexibility index (Phi) is 5.93. The van der Waals surface area contributed by atoms with E-state index in [1.807, 2.05) is 13.8 Å². The zero-order valence-electron chi connectivity index (χ0n) is 17.9. The molecule has 0 saturated heterocycles. The Morgan fingerprint density at radius 3 is 2.58 bits per heavy atom. The van der Waals surface area contributed by atoms with Crippen LogP contribution in [0.25, 0.3) is 21.6 Å². The molecule has 0 radical (unpaired) electrons. The lowest BCUT2D eigenvalue weighted by Crippen LogP contribution is -2.13. The van der Waals surface area contributed by atoms with E-state index in [1.54, 1.807) is 37.3 Å². The Morgan fingerprint density at radius 2 is 1.94 bits per heavy atom. The summed E-state index contributed by atoms with van der Waals surface area (Å²) in [6, 6.07) is 11.6. The summed E-state index contributed by atoms with van der Waals surface area (Å²) in [7, 11) is 0. The number of thiophene rings is 1. The SMILES string of the molecule is Cc1sc2c(=O)c(C)c(-c3ccc(C#N)cc3)oc2c1C(C)Nc1ccc(Cl)nc1C(=O)O. The Bertz CT molecular complexity index is 1500. The number of aryl methyl sites for hydroxylation is 1. The first kappa shape index (κ1) is 22.5. The van der Waals surface area contributed by atoms with E-state index < -0.39 is 5.97 Å². The van der Waals surface area contributed by atoms with Crippen LogP contribution in [0.15, 0.2) is 45.6 Å². The van der Waals surface area contributed by atoms with Crippen molar-refractivity contribution in [3.05, 3.63) is 79.0 Å². The van der Waals surface area contributed by atoms with E-state index >= 15 is 0 Å². The number of fused-ring (bicyclic) bond motifs is 1. The molecule has 3 aromatic heterocycles. The first-order chi connectivity index (χ1) is 15.7. The van der Waals surface area contributed by atoms with Crippen LogP contribution in [-0.4, -0.2) is 16.1 Å². The van der Waals surface area contributed by atoms with E-state index in [2.05, 4.69) is 16.4 Å². The van der Waals surface area contributed by atoms with Gasteiger partial charge in [0.2, 0.25) is 5.43 Å². The maximum Gasteiger partial charge on any atom is 0.356 e. The second kappa shape index (κ2) is 8.70. The number of hydrogen-bond donors (Lipinski definition) is 2. The van der Waals surface area contributed by atoms with Crippen molar-refractivity contribution in [1.82, 2.24) is 4.98 Å². The Morgan fingerprint density at radius 1 is 1.24 bits per heavy atom. The highest BCUT2D eigenvalue weighted by Gasteiger charge is 2.24. The van der Waals surface area contributed by atoms with Crippen molar-refractivity contribution in [2.45, 2.75) is 26.8 Å². The van der Waals surface area contributed by atoms with Gasteiger partial charge < -0.3 is 14.8 Å². The lowest BCUT2D eigenvalue weighted by molar-refractivity contribution is 0.0691. The largest absolute Gasteiger partial charge is 0.476 e. The number of carboxylic acid groups (broad SMARTS) is 1. The van der Waals surface area contributed by atoms with Crippen LogP contribution in [0.5, 0.6) is 0 Å². The van der Waals surface area contributed by atoms with Crippen LogP contribution in [0.3, 0.4) is 0 Å². The molecular formula is C24H18ClN3O4S. The standard InChI is InChI=1S/C24H18ClN3O4S/c1-11-20(29)23-22(32-21(11)15-6-4-14(10-26)5-7-15)18(13(3)33-23)12(2)27-16-8-9-17(25)28-19(16)24(30)31/h4-9,12,27H,1-3H3,(H,30,31). The van der Waals surface area contributed by atoms with Gasteiger partial charge in [0.05, 0.1) is 23.4 Å². The average Bonchev–Trinajstić information content (AvgIpc) is 3.13. The second-order valence-electron chi connectivity index (χ2n) is 7.51. The number of nitrogens with zero attached hydrogens (tertiary/aromatic N) is 2. The van der Waals surface area contributed by atoms with Gasteiger partial charge in [-0.3, -0.25) is 4.79 Å². The van der Waals surface area contributed by atoms with Crippen LogP contribution in [0.4, 0.5) is 5.69 Å². The number of pyridine rings is 1. The molecule has 3 heterocycles. The molecule has 4 aromatic rings. The highest BCUT2D eigenvalue weighted by atomic mass is 35.5. The van der Waals surface area contributed by atoms with Gasteiger partial charge in [0, 0.05) is 21.6 Å². The number of anilines is 1. The van der Waals surface area contributed by atoms with Gasteiger partial charge in [-0.2, -0.15) is 5.26 Å². The molecule has 0 aliphatic carbocycles. The van der Waals surface area contributed by atoms with Crippen LogP contribution in [0, 0.1) is 25.2 Å². The molecule has 0 spiro atoms. The fourth-order valence-corrected chi connectivity index (χ4v) is 5.06. The molecule has 1 unspecified atom stereocenters. The number of halogens is 1. The van der Waals surface area contributed by atoms with E-state index in [-0.39, 0.29) is 22.3 Å². The fourth-order valence-electron chi connectivity index (χ4n) is 3.73. The highest BCUT2D eigenvalue weighted by molar-refractivity contribution is 7.19. The lowest BCUT2D eigenvalue weighted by atomic mass is 10.0. The lowest BCUT2D eigenvalue weighted by Gasteiger charge is -2.17. The third kappa shape index (κ3) is 4.09. The number of nitriles is 1. The van der Waals surface area contributed by atoms with Gasteiger partial charge in [-0.25, -0.2) is 9.78 Å². The molecule has 0 aliphatic heterocycles. The van der Waals surface area contributed by atoms with E-state index in [9.17, 15) is 14.7 Å². The average molecular weight is 480 g/mol. The number of aromatic nitrogens is 1. The smallest absolute Gasteiger partial charge is 0.356 e. The minimum absolute atomic E-state index is 0.0799. The topological polar surface area (TPSA) is 116 Å². The van der Waals surface area contributed by atoms with Crippen molar-refractivity contribution < 1.29 is 14.3 Å². The predicted octanol–water partition coefficient (Wildman–Crippen LogP) is 5.93. The number of aromatic carboxylic acids is 1. The summed E-state index contributed by atoms with van der Waals surface area (Å²) in [5, 5.41) is 21.8. The molecule has 0 saturated carbocycles. The number of hydrogen-bond acceptors (Lipinski definition) is 7. The number of nitrogens with one attached hydrogen (secondary N) is 1. The summed E-state index contributed by atoms with van der Waals surface area (Å²) in [5.74, 6) is -0.771. The fraction of sp³-hybridized carbons (Fsp3) is 0.167. The minimum Gasteiger partial charge on any atom is -0.476 e. The molecule has 0 aliphatic rings. The molecule has 1 aromatic carbocycles. The van der Waals surface area contributed by atoms with E-state index in [0.717, 1.165) is 10.4 Å². The van der Waals surface area contributed by atoms with Crippen LogP contribution >= 0.6 is 22.9 Å². The van der Waals surface area contributed by atoms with Crippen molar-refractivity contribution in [3.8, 4) is 17.4 Å². The Labute approximate surface area is 197 Å². The Hall–Kier alpha value is -3.67. The number of rotatable bonds is 5. The summed E-state index contributed by atoms with van der Waals surface area (Å²) in [6.45, 7) is 5.46. The first-order valence-electron chi connectivity index (χ1n) is 9.94. The summed E-state index contributed by atoms with van der Waals surface area (Å²) >= 11 is 7.20. The number of carbonyl (C=O) groups is 1. The summed E-state index contributed by atoms with van der Waals surface area (Å²) in [4.78, 5) is 29.5. The molecule has 9 heteroatoms. The third-order valence-electron chi connectivity index (χ3n) is 5.32. The molecule has 0 amide bonds. The highest BCUT2D eigenvalue weighted by Crippen LogP contribution is 2.38. The molecule has 33 heavy (non-hydrogen) atoms. The van der Waals surface area contributed by atoms with Gasteiger partial charge in [0.1, 0.15) is 15.6 Å². The molecular weight excluding hydrogens is 462 g/mol. The first-order valence-corrected chi connectivity index (χ1v) is 11.1. The van der Waals surface area contributed by atoms with Crippen LogP contribution < -0.4 is 10.7 Å². The van der Waals surface area contributed by atoms with Crippen molar-refractivity contribution >= 4 is 44.9 Å². The van der Waals surface area contributed by atoms with Gasteiger partial charge in [0.25, 0.3) is 0 Å². The molecule has 0 fully saturated rings. The van der Waals surface area contributed by atoms with Crippen LogP contribution in [0.2, 0.25) is 5.15 Å². The minimum atomic E-state index is -1.20. The number of carboxylic acids is 1. The normalized spacial score (nSPS) is 11.8. The zero-order chi connectivity index (χ0) is 23.9. The predicted molar refractivity (Wildman–Crippen MR) is 128 cm³/mol. The van der Waals surface area contributed by atoms with Crippen molar-refractivity contribution in [3.63, 3.8) is 0 Å². The van der Waals surface area contributed by atoms with Crippen LogP contribution in [-0.2, 0) is 0 Å². The van der Waals surface area contributed by atoms with Gasteiger partial charge in [-0.05, 0) is 57.2 Å².